The van der Waals surface area contributed by atoms with E-state index in [9.17, 15) is 0 Å². The topological polar surface area (TPSA) is 51.6 Å². The second kappa shape index (κ2) is 3.66. The minimum absolute atomic E-state index is 0.555. The minimum atomic E-state index is 0.555. The molecule has 0 aliphatic heterocycles. The Morgan fingerprint density at radius 3 is 2.38 bits per heavy atom. The Morgan fingerprint density at radius 2 is 1.50 bits per heavy atom. The van der Waals surface area contributed by atoms with Crippen molar-refractivity contribution in [2.75, 3.05) is 0 Å². The van der Waals surface area contributed by atoms with Crippen molar-refractivity contribution >= 4 is 10.8 Å². The fourth-order valence-corrected chi connectivity index (χ4v) is 1.73. The van der Waals surface area contributed by atoms with Crippen LogP contribution in [0.1, 0.15) is 0 Å². The third kappa shape index (κ3) is 1.40. The van der Waals surface area contributed by atoms with E-state index in [1.54, 1.807) is 0 Å². The van der Waals surface area contributed by atoms with Gasteiger partial charge in [0.15, 0.2) is 6.33 Å². The summed E-state index contributed by atoms with van der Waals surface area (Å²) in [4.78, 5) is 0. The lowest BCUT2D eigenvalue weighted by atomic mass is 10.0. The van der Waals surface area contributed by atoms with Gasteiger partial charge in [-0.15, -0.1) is 20.4 Å². The van der Waals surface area contributed by atoms with Crippen LogP contribution < -0.4 is 0 Å². The predicted molar refractivity (Wildman–Crippen MR) is 60.6 cm³/mol. The van der Waals surface area contributed by atoms with Gasteiger partial charge in [0.25, 0.3) is 0 Å². The molecule has 16 heavy (non-hydrogen) atoms. The monoisotopic (exact) mass is 208 g/mol. The van der Waals surface area contributed by atoms with E-state index < -0.39 is 0 Å². The molecule has 0 bridgehead atoms. The summed E-state index contributed by atoms with van der Waals surface area (Å²) in [6, 6.07) is 14.1. The number of hydrogen-bond donors (Lipinski definition) is 0. The van der Waals surface area contributed by atoms with Gasteiger partial charge < -0.3 is 0 Å². The van der Waals surface area contributed by atoms with Gasteiger partial charge in [-0.05, 0) is 10.8 Å². The van der Waals surface area contributed by atoms with E-state index in [0.29, 0.717) is 5.82 Å². The Kier molecular flexibility index (Phi) is 2.04. The van der Waals surface area contributed by atoms with Gasteiger partial charge in [-0.3, -0.25) is 0 Å². The molecule has 4 heteroatoms. The molecule has 0 spiro atoms. The average molecular weight is 208 g/mol. The second-order valence-corrected chi connectivity index (χ2v) is 3.40. The normalized spacial score (nSPS) is 10.5. The van der Waals surface area contributed by atoms with Crippen molar-refractivity contribution in [1.82, 2.24) is 20.4 Å². The Bertz CT molecular complexity index is 617. The molecular formula is C12H8N4. The van der Waals surface area contributed by atoms with Crippen LogP contribution in [-0.2, 0) is 0 Å². The number of hydrogen-bond acceptors (Lipinski definition) is 4. The first-order valence-electron chi connectivity index (χ1n) is 4.93. The summed E-state index contributed by atoms with van der Waals surface area (Å²) in [5, 5.41) is 17.7. The van der Waals surface area contributed by atoms with Crippen molar-refractivity contribution in [2.24, 2.45) is 0 Å². The summed E-state index contributed by atoms with van der Waals surface area (Å²) in [6.07, 6.45) is 1.33. The first-order chi connectivity index (χ1) is 7.95. The zero-order chi connectivity index (χ0) is 10.8. The van der Waals surface area contributed by atoms with Crippen molar-refractivity contribution < 1.29 is 0 Å². The molecule has 0 unspecified atom stereocenters. The van der Waals surface area contributed by atoms with Gasteiger partial charge in [-0.1, -0.05) is 42.5 Å². The van der Waals surface area contributed by atoms with Crippen LogP contribution in [0.5, 0.6) is 0 Å². The Hall–Kier alpha value is -2.36. The van der Waals surface area contributed by atoms with E-state index in [1.807, 2.05) is 30.3 Å². The van der Waals surface area contributed by atoms with E-state index in [4.69, 9.17) is 0 Å². The molecule has 0 amide bonds. The molecular weight excluding hydrogens is 200 g/mol. The van der Waals surface area contributed by atoms with E-state index in [0.717, 1.165) is 16.3 Å². The van der Waals surface area contributed by atoms with Crippen molar-refractivity contribution in [1.29, 1.82) is 0 Å². The maximum Gasteiger partial charge on any atom is 0.204 e. The van der Waals surface area contributed by atoms with Gasteiger partial charge in [0.1, 0.15) is 0 Å². The van der Waals surface area contributed by atoms with Gasteiger partial charge >= 0.3 is 0 Å². The second-order valence-electron chi connectivity index (χ2n) is 3.40. The van der Waals surface area contributed by atoms with E-state index in [-0.39, 0.29) is 0 Å². The summed E-state index contributed by atoms with van der Waals surface area (Å²) in [5.41, 5.74) is 0.957. The van der Waals surface area contributed by atoms with Gasteiger partial charge in [0, 0.05) is 5.56 Å². The predicted octanol–water partition coefficient (Wildman–Crippen LogP) is 2.09. The number of rotatable bonds is 1. The number of fused-ring (bicyclic) bond motifs is 1. The van der Waals surface area contributed by atoms with Crippen LogP contribution in [0, 0.1) is 0 Å². The van der Waals surface area contributed by atoms with Gasteiger partial charge in [-0.2, -0.15) is 0 Å². The molecule has 0 fully saturated rings. The highest BCUT2D eigenvalue weighted by atomic mass is 15.3. The molecule has 2 aromatic carbocycles. The number of benzene rings is 2. The van der Waals surface area contributed by atoms with Crippen LogP contribution in [0.4, 0.5) is 0 Å². The smallest absolute Gasteiger partial charge is 0.135 e. The SMILES string of the molecule is c1ccc2c(-c3nncnn3)cccc2c1. The van der Waals surface area contributed by atoms with E-state index >= 15 is 0 Å². The summed E-state index contributed by atoms with van der Waals surface area (Å²) >= 11 is 0. The van der Waals surface area contributed by atoms with Crippen molar-refractivity contribution in [3.8, 4) is 11.4 Å². The maximum atomic E-state index is 3.98. The first kappa shape index (κ1) is 8.91. The number of aromatic nitrogens is 4. The van der Waals surface area contributed by atoms with Crippen LogP contribution in [0.15, 0.2) is 48.8 Å². The molecule has 0 atom stereocenters. The summed E-state index contributed by atoms with van der Waals surface area (Å²) in [7, 11) is 0. The molecule has 3 rings (SSSR count). The van der Waals surface area contributed by atoms with Crippen LogP contribution in [0.25, 0.3) is 22.2 Å². The van der Waals surface area contributed by atoms with Gasteiger partial charge in [0.2, 0.25) is 5.82 Å². The van der Waals surface area contributed by atoms with E-state index in [2.05, 4.69) is 32.5 Å². The third-order valence-corrected chi connectivity index (χ3v) is 2.44. The molecule has 76 valence electrons. The molecule has 0 saturated heterocycles. The number of nitrogens with zero attached hydrogens (tertiary/aromatic N) is 4. The molecule has 1 aromatic heterocycles. The molecule has 0 saturated carbocycles. The Balaban J connectivity index is 2.32. The quantitative estimate of drug-likeness (QED) is 0.614. The van der Waals surface area contributed by atoms with Crippen molar-refractivity contribution in [3.63, 3.8) is 0 Å². The lowest BCUT2D eigenvalue weighted by Gasteiger charge is -2.02. The van der Waals surface area contributed by atoms with Crippen LogP contribution >= 0.6 is 0 Å². The molecule has 0 aliphatic rings. The Labute approximate surface area is 92.0 Å². The lowest BCUT2D eigenvalue weighted by Crippen LogP contribution is -1.94. The maximum absolute atomic E-state index is 3.98. The van der Waals surface area contributed by atoms with Gasteiger partial charge in [0.05, 0.1) is 0 Å². The highest BCUT2D eigenvalue weighted by molar-refractivity contribution is 5.94. The molecule has 4 nitrogen and oxygen atoms in total. The summed E-state index contributed by atoms with van der Waals surface area (Å²) < 4.78 is 0. The van der Waals surface area contributed by atoms with Crippen molar-refractivity contribution in [2.45, 2.75) is 0 Å². The summed E-state index contributed by atoms with van der Waals surface area (Å²) in [6.45, 7) is 0. The van der Waals surface area contributed by atoms with E-state index in [1.165, 1.54) is 6.33 Å². The third-order valence-electron chi connectivity index (χ3n) is 2.44. The minimum Gasteiger partial charge on any atom is -0.135 e. The molecule has 0 radical (unpaired) electrons. The van der Waals surface area contributed by atoms with Crippen LogP contribution in [0.2, 0.25) is 0 Å². The molecule has 0 N–H and O–H groups in total. The molecule has 3 aromatic rings. The highest BCUT2D eigenvalue weighted by Crippen LogP contribution is 2.24. The van der Waals surface area contributed by atoms with Crippen LogP contribution in [0.3, 0.4) is 0 Å². The van der Waals surface area contributed by atoms with Crippen molar-refractivity contribution in [3.05, 3.63) is 48.8 Å². The lowest BCUT2D eigenvalue weighted by molar-refractivity contribution is 0.866. The standard InChI is InChI=1S/C12H8N4/c1-2-6-10-9(4-1)5-3-7-11(10)12-15-13-8-14-16-12/h1-8H. The zero-order valence-electron chi connectivity index (χ0n) is 8.41. The zero-order valence-corrected chi connectivity index (χ0v) is 8.41. The fraction of sp³-hybridized carbons (Fsp3) is 0. The largest absolute Gasteiger partial charge is 0.204 e. The average Bonchev–Trinajstić information content (AvgIpc) is 2.39. The molecule has 1 heterocycles. The van der Waals surface area contributed by atoms with Gasteiger partial charge in [-0.25, -0.2) is 0 Å². The molecule has 0 aliphatic carbocycles. The Morgan fingerprint density at radius 1 is 0.750 bits per heavy atom. The first-order valence-corrected chi connectivity index (χ1v) is 4.93. The fourth-order valence-electron chi connectivity index (χ4n) is 1.73. The highest BCUT2D eigenvalue weighted by Gasteiger charge is 2.05. The van der Waals surface area contributed by atoms with Crippen LogP contribution in [-0.4, -0.2) is 20.4 Å². The summed E-state index contributed by atoms with van der Waals surface area (Å²) in [5.74, 6) is 0.555.